The fraction of sp³-hybridized carbons (Fsp3) is 0.688. The van der Waals surface area contributed by atoms with Gasteiger partial charge in [0.2, 0.25) is 0 Å². The number of aliphatic hydroxyl groups excluding tert-OH is 1. The van der Waals surface area contributed by atoms with Crippen molar-refractivity contribution < 1.29 is 15.0 Å². The quantitative estimate of drug-likeness (QED) is 0.765. The molecule has 7 nitrogen and oxygen atoms in total. The molecule has 2 atom stereocenters. The third kappa shape index (κ3) is 3.52. The summed E-state index contributed by atoms with van der Waals surface area (Å²) in [5, 5.41) is 20.9. The van der Waals surface area contributed by atoms with Gasteiger partial charge in [0.15, 0.2) is 0 Å². The van der Waals surface area contributed by atoms with E-state index in [1.807, 2.05) is 7.05 Å². The molecule has 1 amide bonds. The molecule has 0 bridgehead atoms. The summed E-state index contributed by atoms with van der Waals surface area (Å²) in [6, 6.07) is 0. The van der Waals surface area contributed by atoms with Crippen LogP contribution in [0, 0.1) is 5.92 Å². The minimum Gasteiger partial charge on any atom is -0.391 e. The standard InChI is InChI=1S/C16H24N4O3/c1-19-6-2-16(23,3-7-19)15(22)20-10-12(14(21)11-20)8-13-9-17-4-5-18-13/h4-5,9,12,14,21,23H,2-3,6-8,10-11H2,1H3/t12-,14-/m1/s1. The molecule has 23 heavy (non-hydrogen) atoms. The smallest absolute Gasteiger partial charge is 0.254 e. The lowest BCUT2D eigenvalue weighted by Gasteiger charge is -2.37. The van der Waals surface area contributed by atoms with Crippen molar-refractivity contribution in [3.8, 4) is 0 Å². The molecular weight excluding hydrogens is 296 g/mol. The molecule has 0 saturated carbocycles. The first-order chi connectivity index (χ1) is 11.0. The van der Waals surface area contributed by atoms with Crippen LogP contribution in [0.4, 0.5) is 0 Å². The van der Waals surface area contributed by atoms with Crippen LogP contribution in [0.25, 0.3) is 0 Å². The van der Waals surface area contributed by atoms with Crippen LogP contribution in [0.15, 0.2) is 18.6 Å². The van der Waals surface area contributed by atoms with Crippen molar-refractivity contribution in [3.05, 3.63) is 24.3 Å². The van der Waals surface area contributed by atoms with Crippen LogP contribution in [0.5, 0.6) is 0 Å². The number of rotatable bonds is 3. The summed E-state index contributed by atoms with van der Waals surface area (Å²) < 4.78 is 0. The second kappa shape index (κ2) is 6.51. The molecule has 2 fully saturated rings. The minimum atomic E-state index is -1.28. The Morgan fingerprint density at radius 2 is 2.09 bits per heavy atom. The molecule has 3 rings (SSSR count). The van der Waals surface area contributed by atoms with Gasteiger partial charge in [-0.2, -0.15) is 0 Å². The van der Waals surface area contributed by atoms with Gasteiger partial charge < -0.3 is 20.0 Å². The summed E-state index contributed by atoms with van der Waals surface area (Å²) in [5.74, 6) is -0.309. The highest BCUT2D eigenvalue weighted by Crippen LogP contribution is 2.28. The van der Waals surface area contributed by atoms with Gasteiger partial charge in [0.25, 0.3) is 5.91 Å². The van der Waals surface area contributed by atoms with Gasteiger partial charge in [0, 0.05) is 50.7 Å². The van der Waals surface area contributed by atoms with Crippen molar-refractivity contribution in [1.82, 2.24) is 19.8 Å². The Morgan fingerprint density at radius 3 is 2.74 bits per heavy atom. The number of β-amino-alcohol motifs (C(OH)–C–C–N with tert-alkyl or cyclic N) is 1. The van der Waals surface area contributed by atoms with E-state index in [9.17, 15) is 15.0 Å². The largest absolute Gasteiger partial charge is 0.391 e. The lowest BCUT2D eigenvalue weighted by atomic mass is 9.90. The molecule has 0 radical (unpaired) electrons. The van der Waals surface area contributed by atoms with E-state index in [1.54, 1.807) is 23.5 Å². The molecule has 2 saturated heterocycles. The molecule has 0 spiro atoms. The van der Waals surface area contributed by atoms with E-state index >= 15 is 0 Å². The first-order valence-electron chi connectivity index (χ1n) is 8.11. The zero-order valence-electron chi connectivity index (χ0n) is 13.4. The van der Waals surface area contributed by atoms with E-state index in [4.69, 9.17) is 0 Å². The number of aromatic nitrogens is 2. The number of nitrogens with zero attached hydrogens (tertiary/aromatic N) is 4. The summed E-state index contributed by atoms with van der Waals surface area (Å²) in [6.45, 7) is 2.15. The third-order valence-corrected chi connectivity index (χ3v) is 4.99. The monoisotopic (exact) mass is 320 g/mol. The maximum absolute atomic E-state index is 12.7. The molecule has 2 aliphatic rings. The first-order valence-corrected chi connectivity index (χ1v) is 8.11. The number of hydrogen-bond donors (Lipinski definition) is 2. The van der Waals surface area contributed by atoms with Crippen LogP contribution < -0.4 is 0 Å². The van der Waals surface area contributed by atoms with Crippen LogP contribution in [-0.4, -0.2) is 80.8 Å². The minimum absolute atomic E-state index is 0.0643. The van der Waals surface area contributed by atoms with Gasteiger partial charge in [-0.3, -0.25) is 14.8 Å². The summed E-state index contributed by atoms with van der Waals surface area (Å²) in [6.07, 6.45) is 5.81. The van der Waals surface area contributed by atoms with Crippen molar-refractivity contribution in [2.45, 2.75) is 31.0 Å². The lowest BCUT2D eigenvalue weighted by molar-refractivity contribution is -0.155. The third-order valence-electron chi connectivity index (χ3n) is 4.99. The molecule has 2 N–H and O–H groups in total. The average molecular weight is 320 g/mol. The van der Waals surface area contributed by atoms with Crippen molar-refractivity contribution >= 4 is 5.91 Å². The Labute approximate surface area is 136 Å². The number of piperidine rings is 1. The number of aliphatic hydroxyl groups is 2. The maximum atomic E-state index is 12.7. The number of carbonyl (C=O) groups excluding carboxylic acids is 1. The maximum Gasteiger partial charge on any atom is 0.254 e. The van der Waals surface area contributed by atoms with E-state index in [0.29, 0.717) is 38.9 Å². The van der Waals surface area contributed by atoms with Crippen LogP contribution in [-0.2, 0) is 11.2 Å². The van der Waals surface area contributed by atoms with Gasteiger partial charge in [0.1, 0.15) is 5.60 Å². The molecule has 7 heteroatoms. The highest BCUT2D eigenvalue weighted by atomic mass is 16.3. The lowest BCUT2D eigenvalue weighted by Crippen LogP contribution is -2.54. The molecule has 0 aliphatic carbocycles. The van der Waals surface area contributed by atoms with Crippen LogP contribution >= 0.6 is 0 Å². The van der Waals surface area contributed by atoms with Crippen LogP contribution in [0.2, 0.25) is 0 Å². The molecule has 1 aromatic heterocycles. The second-order valence-corrected chi connectivity index (χ2v) is 6.77. The second-order valence-electron chi connectivity index (χ2n) is 6.77. The van der Waals surface area contributed by atoms with Crippen molar-refractivity contribution in [3.63, 3.8) is 0 Å². The van der Waals surface area contributed by atoms with E-state index < -0.39 is 11.7 Å². The Morgan fingerprint density at radius 1 is 1.35 bits per heavy atom. The summed E-state index contributed by atoms with van der Waals surface area (Å²) in [5.41, 5.74) is -0.475. The molecule has 0 unspecified atom stereocenters. The van der Waals surface area contributed by atoms with Gasteiger partial charge in [-0.15, -0.1) is 0 Å². The van der Waals surface area contributed by atoms with E-state index in [1.165, 1.54) is 0 Å². The van der Waals surface area contributed by atoms with E-state index in [-0.39, 0.29) is 18.4 Å². The van der Waals surface area contributed by atoms with Crippen molar-refractivity contribution in [2.24, 2.45) is 5.92 Å². The number of hydrogen-bond acceptors (Lipinski definition) is 6. The average Bonchev–Trinajstić information content (AvgIpc) is 2.91. The Kier molecular flexibility index (Phi) is 4.61. The molecular formula is C16H24N4O3. The Balaban J connectivity index is 1.62. The predicted octanol–water partition coefficient (Wildman–Crippen LogP) is -0.705. The van der Waals surface area contributed by atoms with Crippen molar-refractivity contribution in [1.29, 1.82) is 0 Å². The van der Waals surface area contributed by atoms with E-state index in [2.05, 4.69) is 14.9 Å². The first kappa shape index (κ1) is 16.3. The van der Waals surface area contributed by atoms with Crippen LogP contribution in [0.3, 0.4) is 0 Å². The normalized spacial score (nSPS) is 28.0. The Hall–Kier alpha value is -1.57. The van der Waals surface area contributed by atoms with Gasteiger partial charge in [-0.05, 0) is 26.3 Å². The summed E-state index contributed by atoms with van der Waals surface area (Å²) in [4.78, 5) is 24.7. The van der Waals surface area contributed by atoms with Gasteiger partial charge in [-0.1, -0.05) is 0 Å². The Bertz CT molecular complexity index is 546. The molecule has 126 valence electrons. The number of amides is 1. The van der Waals surface area contributed by atoms with Crippen molar-refractivity contribution in [2.75, 3.05) is 33.2 Å². The van der Waals surface area contributed by atoms with Crippen LogP contribution in [0.1, 0.15) is 18.5 Å². The SMILES string of the molecule is CN1CCC(O)(C(=O)N2C[C@@H](Cc3cnccn3)[C@H](O)C2)CC1. The molecule has 2 aliphatic heterocycles. The zero-order chi connectivity index (χ0) is 16.4. The zero-order valence-corrected chi connectivity index (χ0v) is 13.4. The summed E-state index contributed by atoms with van der Waals surface area (Å²) in [7, 11) is 1.99. The molecule has 3 heterocycles. The predicted molar refractivity (Wildman–Crippen MR) is 83.5 cm³/mol. The number of likely N-dealkylation sites (tertiary alicyclic amines) is 2. The summed E-state index contributed by atoms with van der Waals surface area (Å²) >= 11 is 0. The molecule has 0 aromatic carbocycles. The molecule has 1 aromatic rings. The van der Waals surface area contributed by atoms with Gasteiger partial charge in [0.05, 0.1) is 11.8 Å². The highest BCUT2D eigenvalue weighted by molar-refractivity contribution is 5.85. The number of carbonyl (C=O) groups is 1. The van der Waals surface area contributed by atoms with Gasteiger partial charge in [-0.25, -0.2) is 0 Å². The fourth-order valence-corrected chi connectivity index (χ4v) is 3.42. The topological polar surface area (TPSA) is 89.8 Å². The highest BCUT2D eigenvalue weighted by Gasteiger charge is 2.45. The fourth-order valence-electron chi connectivity index (χ4n) is 3.42. The van der Waals surface area contributed by atoms with Gasteiger partial charge >= 0.3 is 0 Å². The van der Waals surface area contributed by atoms with E-state index in [0.717, 1.165) is 5.69 Å².